The number of primary sulfonamides is 1. The van der Waals surface area contributed by atoms with E-state index < -0.39 is 44.9 Å². The molecule has 0 aromatic heterocycles. The van der Waals surface area contributed by atoms with Crippen LogP contribution in [-0.2, 0) is 29.1 Å². The van der Waals surface area contributed by atoms with Gasteiger partial charge < -0.3 is 20.1 Å². The van der Waals surface area contributed by atoms with Gasteiger partial charge in [0.25, 0.3) is 11.8 Å². The predicted molar refractivity (Wildman–Crippen MR) is 127 cm³/mol. The zero-order chi connectivity index (χ0) is 25.9. The molecule has 36 heavy (non-hydrogen) atoms. The van der Waals surface area contributed by atoms with E-state index in [1.165, 1.54) is 6.07 Å². The normalized spacial score (nSPS) is 23.9. The van der Waals surface area contributed by atoms with Crippen molar-refractivity contribution in [2.45, 2.75) is 36.6 Å². The van der Waals surface area contributed by atoms with Gasteiger partial charge in [-0.2, -0.15) is 0 Å². The second kappa shape index (κ2) is 11.0. The number of benzene rings is 1. The molecule has 3 unspecified atom stereocenters. The topological polar surface area (TPSA) is 186 Å². The molecular weight excluding hydrogens is 494 g/mol. The van der Waals surface area contributed by atoms with Crippen LogP contribution in [-0.4, -0.2) is 93.8 Å². The van der Waals surface area contributed by atoms with Gasteiger partial charge in [-0.1, -0.05) is 6.07 Å². The van der Waals surface area contributed by atoms with Crippen molar-refractivity contribution in [3.63, 3.8) is 0 Å². The number of hydrogen-bond donors (Lipinski definition) is 4. The number of sulfonamides is 1. The Hall–Kier alpha value is -2.91. The van der Waals surface area contributed by atoms with Crippen LogP contribution in [0.25, 0.3) is 0 Å². The van der Waals surface area contributed by atoms with Crippen molar-refractivity contribution < 1.29 is 37.1 Å². The van der Waals surface area contributed by atoms with Crippen molar-refractivity contribution in [3.05, 3.63) is 29.3 Å². The molecule has 4 amide bonds. The number of ether oxygens (including phenoxy) is 2. The predicted octanol–water partition coefficient (Wildman–Crippen LogP) is -1.45. The number of piperidine rings is 1. The molecule has 3 aliphatic heterocycles. The number of carbonyl (C=O) groups is 4. The molecule has 2 fully saturated rings. The molecule has 14 heteroatoms. The third-order valence-corrected chi connectivity index (χ3v) is 7.77. The average molecular weight is 524 g/mol. The molecule has 1 aromatic carbocycles. The Morgan fingerprint density at radius 3 is 2.47 bits per heavy atom. The van der Waals surface area contributed by atoms with Gasteiger partial charge in [-0.05, 0) is 25.0 Å². The van der Waals surface area contributed by atoms with E-state index in [1.54, 1.807) is 12.1 Å². The molecule has 3 atom stereocenters. The highest BCUT2D eigenvalue weighted by Gasteiger charge is 2.45. The minimum absolute atomic E-state index is 0.0591. The molecule has 0 bridgehead atoms. The summed E-state index contributed by atoms with van der Waals surface area (Å²) < 4.78 is 33.7. The van der Waals surface area contributed by atoms with Crippen LogP contribution in [0.5, 0.6) is 0 Å². The maximum atomic E-state index is 13.0. The second-order valence-corrected chi connectivity index (χ2v) is 10.5. The summed E-state index contributed by atoms with van der Waals surface area (Å²) in [4.78, 5) is 50.5. The number of hydrogen-bond acceptors (Lipinski definition) is 10. The molecule has 0 spiro atoms. The molecule has 0 saturated carbocycles. The first-order chi connectivity index (χ1) is 17.2. The Labute approximate surface area is 208 Å². The average Bonchev–Trinajstić information content (AvgIpc) is 3.04. The van der Waals surface area contributed by atoms with Crippen LogP contribution >= 0.6 is 0 Å². The van der Waals surface area contributed by atoms with Crippen molar-refractivity contribution >= 4 is 39.3 Å². The molecule has 3 aliphatic rings. The Balaban J connectivity index is 1.18. The number of nitrogens with zero attached hydrogens (tertiary/aromatic N) is 1. The molecule has 13 nitrogen and oxygen atoms in total. The summed E-state index contributed by atoms with van der Waals surface area (Å²) >= 11 is 0. The third-order valence-electron chi connectivity index (χ3n) is 6.43. The number of amides is 4. The van der Waals surface area contributed by atoms with E-state index in [0.29, 0.717) is 51.6 Å². The quantitative estimate of drug-likeness (QED) is 0.187. The lowest BCUT2D eigenvalue weighted by atomic mass is 10.0. The summed E-state index contributed by atoms with van der Waals surface area (Å²) in [7, 11) is -3.54. The molecule has 196 valence electrons. The van der Waals surface area contributed by atoms with Crippen molar-refractivity contribution in [2.75, 3.05) is 44.8 Å². The minimum Gasteiger partial charge on any atom is -0.382 e. The highest BCUT2D eigenvalue weighted by atomic mass is 32.2. The first-order valence-corrected chi connectivity index (χ1v) is 13.3. The SMILES string of the molecule is NS(=O)(=O)C1CNC1CCOCCOCCNc1cccc2c1C(=O)N(C1CCC(=O)NC1=O)C2=O. The minimum atomic E-state index is -3.54. The van der Waals surface area contributed by atoms with Crippen LogP contribution in [0.1, 0.15) is 40.0 Å². The molecule has 0 radical (unpaired) electrons. The molecule has 3 heterocycles. The van der Waals surface area contributed by atoms with E-state index in [2.05, 4.69) is 16.0 Å². The first-order valence-electron chi connectivity index (χ1n) is 11.7. The fourth-order valence-corrected chi connectivity index (χ4v) is 5.48. The van der Waals surface area contributed by atoms with Gasteiger partial charge in [0.05, 0.1) is 30.9 Å². The molecule has 5 N–H and O–H groups in total. The van der Waals surface area contributed by atoms with Crippen LogP contribution < -0.4 is 21.1 Å². The summed E-state index contributed by atoms with van der Waals surface area (Å²) in [6.07, 6.45) is 0.687. The highest BCUT2D eigenvalue weighted by molar-refractivity contribution is 7.89. The number of carbonyl (C=O) groups excluding carboxylic acids is 4. The summed E-state index contributed by atoms with van der Waals surface area (Å²) in [5.74, 6) is -2.22. The lowest BCUT2D eigenvalue weighted by Gasteiger charge is -2.36. The molecule has 1 aromatic rings. The fourth-order valence-electron chi connectivity index (χ4n) is 4.47. The number of fused-ring (bicyclic) bond motifs is 1. The standard InChI is InChI=1S/C22H29N5O8S/c23-36(32,33)17-12-25-14(17)6-8-34-10-11-35-9-7-24-15-3-1-2-13-19(15)22(31)27(21(13)30)16-4-5-18(28)26-20(16)29/h1-3,14,16-17,24-25H,4-12H2,(H2,23,32,33)(H,26,28,29). The third kappa shape index (κ3) is 5.57. The van der Waals surface area contributed by atoms with Crippen molar-refractivity contribution in [1.82, 2.24) is 15.5 Å². The number of imide groups is 2. The highest BCUT2D eigenvalue weighted by Crippen LogP contribution is 2.32. The van der Waals surface area contributed by atoms with Crippen LogP contribution in [0.3, 0.4) is 0 Å². The van der Waals surface area contributed by atoms with Gasteiger partial charge in [0.15, 0.2) is 0 Å². The Morgan fingerprint density at radius 1 is 1.06 bits per heavy atom. The zero-order valence-corrected chi connectivity index (χ0v) is 20.3. The van der Waals surface area contributed by atoms with Gasteiger partial charge in [0.1, 0.15) is 11.3 Å². The Bertz CT molecular complexity index is 1160. The van der Waals surface area contributed by atoms with E-state index >= 15 is 0 Å². The molecule has 0 aliphatic carbocycles. The fraction of sp³-hybridized carbons (Fsp3) is 0.545. The van der Waals surface area contributed by atoms with Crippen molar-refractivity contribution in [3.8, 4) is 0 Å². The zero-order valence-electron chi connectivity index (χ0n) is 19.5. The smallest absolute Gasteiger partial charge is 0.264 e. The van der Waals surface area contributed by atoms with E-state index in [9.17, 15) is 27.6 Å². The number of rotatable bonds is 12. The van der Waals surface area contributed by atoms with Crippen LogP contribution in [0, 0.1) is 0 Å². The summed E-state index contributed by atoms with van der Waals surface area (Å²) in [5, 5.41) is 12.9. The number of nitrogens with two attached hydrogens (primary N) is 1. The maximum Gasteiger partial charge on any atom is 0.264 e. The van der Waals surface area contributed by atoms with Gasteiger partial charge >= 0.3 is 0 Å². The monoisotopic (exact) mass is 523 g/mol. The number of nitrogens with one attached hydrogen (secondary N) is 3. The molecular formula is C22H29N5O8S. The summed E-state index contributed by atoms with van der Waals surface area (Å²) in [6.45, 7) is 2.07. The Morgan fingerprint density at radius 2 is 1.81 bits per heavy atom. The van der Waals surface area contributed by atoms with Gasteiger partial charge in [0, 0.05) is 37.8 Å². The van der Waals surface area contributed by atoms with Crippen molar-refractivity contribution in [1.29, 1.82) is 0 Å². The maximum absolute atomic E-state index is 13.0. The van der Waals surface area contributed by atoms with Crippen LogP contribution in [0.4, 0.5) is 5.69 Å². The first kappa shape index (κ1) is 26.2. The molecule has 2 saturated heterocycles. The summed E-state index contributed by atoms with van der Waals surface area (Å²) in [6, 6.07) is 3.64. The van der Waals surface area contributed by atoms with E-state index in [0.717, 1.165) is 4.90 Å². The van der Waals surface area contributed by atoms with Gasteiger partial charge in [-0.3, -0.25) is 29.4 Å². The van der Waals surface area contributed by atoms with E-state index in [-0.39, 0.29) is 30.0 Å². The lowest BCUT2D eigenvalue weighted by molar-refractivity contribution is -0.136. The van der Waals surface area contributed by atoms with Crippen LogP contribution in [0.2, 0.25) is 0 Å². The van der Waals surface area contributed by atoms with Gasteiger partial charge in [0.2, 0.25) is 21.8 Å². The second-order valence-electron chi connectivity index (χ2n) is 8.76. The van der Waals surface area contributed by atoms with Gasteiger partial charge in [-0.15, -0.1) is 0 Å². The Kier molecular flexibility index (Phi) is 8.00. The van der Waals surface area contributed by atoms with Gasteiger partial charge in [-0.25, -0.2) is 13.6 Å². The number of anilines is 1. The van der Waals surface area contributed by atoms with E-state index in [1.807, 2.05) is 0 Å². The lowest BCUT2D eigenvalue weighted by Crippen LogP contribution is -2.62. The van der Waals surface area contributed by atoms with Crippen molar-refractivity contribution in [2.24, 2.45) is 5.14 Å². The summed E-state index contributed by atoms with van der Waals surface area (Å²) in [5.41, 5.74) is 0.852. The largest absolute Gasteiger partial charge is 0.382 e. The van der Waals surface area contributed by atoms with E-state index in [4.69, 9.17) is 14.6 Å². The molecule has 4 rings (SSSR count). The van der Waals surface area contributed by atoms with Crippen LogP contribution in [0.15, 0.2) is 18.2 Å².